The molecule has 0 spiro atoms. The van der Waals surface area contributed by atoms with E-state index in [0.717, 1.165) is 25.9 Å². The maximum absolute atomic E-state index is 11.3. The summed E-state index contributed by atoms with van der Waals surface area (Å²) in [4.78, 5) is 13.5. The van der Waals surface area contributed by atoms with Crippen molar-refractivity contribution in [3.05, 3.63) is 35.9 Å². The lowest BCUT2D eigenvalue weighted by Gasteiger charge is -2.41. The largest absolute Gasteiger partial charge is 0.480 e. The van der Waals surface area contributed by atoms with Crippen LogP contribution in [0.3, 0.4) is 0 Å². The predicted octanol–water partition coefficient (Wildman–Crippen LogP) is 3.37. The number of nitrogens with zero attached hydrogens (tertiary/aromatic N) is 1. The van der Waals surface area contributed by atoms with Crippen molar-refractivity contribution in [1.29, 1.82) is 0 Å². The van der Waals surface area contributed by atoms with Crippen molar-refractivity contribution in [2.24, 2.45) is 5.92 Å². The van der Waals surface area contributed by atoms with Crippen molar-refractivity contribution in [1.82, 2.24) is 4.90 Å². The minimum Gasteiger partial charge on any atom is -0.480 e. The molecule has 0 aliphatic carbocycles. The normalized spacial score (nSPS) is 25.3. The minimum atomic E-state index is -0.680. The van der Waals surface area contributed by atoms with E-state index in [-0.39, 0.29) is 6.04 Å². The van der Waals surface area contributed by atoms with E-state index < -0.39 is 5.97 Å². The zero-order valence-corrected chi connectivity index (χ0v) is 12.5. The van der Waals surface area contributed by atoms with Crippen molar-refractivity contribution in [3.63, 3.8) is 0 Å². The summed E-state index contributed by atoms with van der Waals surface area (Å²) < 4.78 is 0. The Balaban J connectivity index is 2.10. The Morgan fingerprint density at radius 2 is 2.05 bits per heavy atom. The molecular formula is C17H25NO2. The van der Waals surface area contributed by atoms with Gasteiger partial charge in [-0.15, -0.1) is 0 Å². The monoisotopic (exact) mass is 275 g/mol. The van der Waals surface area contributed by atoms with E-state index in [4.69, 9.17) is 0 Å². The standard InChI is InChI=1S/C17H25NO2/c1-3-13-12-18(16(4-2)17(19)20)11-10-15(13)14-8-6-5-7-9-14/h5-9,13,15-16H,3-4,10-12H2,1-2H3,(H,19,20). The van der Waals surface area contributed by atoms with Gasteiger partial charge in [0.05, 0.1) is 0 Å². The molecule has 0 radical (unpaired) electrons. The Kier molecular flexibility index (Phi) is 5.18. The van der Waals surface area contributed by atoms with Gasteiger partial charge in [-0.1, -0.05) is 50.6 Å². The quantitative estimate of drug-likeness (QED) is 0.895. The second kappa shape index (κ2) is 6.89. The van der Waals surface area contributed by atoms with E-state index in [9.17, 15) is 9.90 Å². The molecule has 1 fully saturated rings. The first-order valence-corrected chi connectivity index (χ1v) is 7.69. The van der Waals surface area contributed by atoms with Gasteiger partial charge in [0.1, 0.15) is 6.04 Å². The maximum Gasteiger partial charge on any atom is 0.320 e. The number of carbonyl (C=O) groups is 1. The average Bonchev–Trinajstić information content (AvgIpc) is 2.48. The van der Waals surface area contributed by atoms with Crippen LogP contribution < -0.4 is 0 Å². The Morgan fingerprint density at radius 1 is 1.35 bits per heavy atom. The average molecular weight is 275 g/mol. The molecule has 1 aliphatic rings. The molecule has 3 atom stereocenters. The van der Waals surface area contributed by atoms with Crippen LogP contribution in [-0.2, 0) is 4.79 Å². The number of hydrogen-bond donors (Lipinski definition) is 1. The molecule has 3 unspecified atom stereocenters. The molecule has 0 saturated carbocycles. The van der Waals surface area contributed by atoms with Crippen LogP contribution in [0.25, 0.3) is 0 Å². The van der Waals surface area contributed by atoms with E-state index in [2.05, 4.69) is 42.2 Å². The lowest BCUT2D eigenvalue weighted by atomic mass is 9.78. The zero-order chi connectivity index (χ0) is 14.5. The lowest BCUT2D eigenvalue weighted by Crippen LogP contribution is -2.48. The molecule has 3 nitrogen and oxygen atoms in total. The van der Waals surface area contributed by atoms with Gasteiger partial charge in [0.25, 0.3) is 0 Å². The van der Waals surface area contributed by atoms with Gasteiger partial charge in [-0.3, -0.25) is 9.69 Å². The van der Waals surface area contributed by atoms with Crippen molar-refractivity contribution in [2.45, 2.75) is 45.1 Å². The Morgan fingerprint density at radius 3 is 2.60 bits per heavy atom. The first-order valence-electron chi connectivity index (χ1n) is 7.69. The summed E-state index contributed by atoms with van der Waals surface area (Å²) in [6.07, 6.45) is 2.85. The molecule has 1 heterocycles. The number of piperidine rings is 1. The van der Waals surface area contributed by atoms with Gasteiger partial charge >= 0.3 is 5.97 Å². The van der Waals surface area contributed by atoms with Crippen molar-refractivity contribution in [3.8, 4) is 0 Å². The number of carboxylic acids is 1. The Bertz CT molecular complexity index is 432. The van der Waals surface area contributed by atoms with E-state index in [1.165, 1.54) is 5.56 Å². The molecule has 1 saturated heterocycles. The molecule has 1 N–H and O–H groups in total. The molecule has 110 valence electrons. The summed E-state index contributed by atoms with van der Waals surface area (Å²) in [7, 11) is 0. The van der Waals surface area contributed by atoms with Gasteiger partial charge in [0.2, 0.25) is 0 Å². The van der Waals surface area contributed by atoms with E-state index in [0.29, 0.717) is 18.3 Å². The first-order chi connectivity index (χ1) is 9.67. The highest BCUT2D eigenvalue weighted by atomic mass is 16.4. The van der Waals surface area contributed by atoms with Crippen molar-refractivity contribution in [2.75, 3.05) is 13.1 Å². The highest BCUT2D eigenvalue weighted by Crippen LogP contribution is 2.35. The fraction of sp³-hybridized carbons (Fsp3) is 0.588. The molecule has 1 aromatic carbocycles. The highest BCUT2D eigenvalue weighted by molar-refractivity contribution is 5.73. The Hall–Kier alpha value is -1.35. The van der Waals surface area contributed by atoms with E-state index >= 15 is 0 Å². The van der Waals surface area contributed by atoms with Crippen LogP contribution in [0.2, 0.25) is 0 Å². The second-order valence-corrected chi connectivity index (χ2v) is 5.73. The SMILES string of the molecule is CCC1CN(C(CC)C(=O)O)CCC1c1ccccc1. The van der Waals surface area contributed by atoms with Gasteiger partial charge in [-0.25, -0.2) is 0 Å². The Labute approximate surface area is 121 Å². The number of hydrogen-bond acceptors (Lipinski definition) is 2. The summed E-state index contributed by atoms with van der Waals surface area (Å²) in [6, 6.07) is 10.3. The van der Waals surface area contributed by atoms with Crippen LogP contribution in [0.15, 0.2) is 30.3 Å². The molecule has 0 aromatic heterocycles. The lowest BCUT2D eigenvalue weighted by molar-refractivity contribution is -0.144. The molecule has 3 heteroatoms. The zero-order valence-electron chi connectivity index (χ0n) is 12.5. The van der Waals surface area contributed by atoms with Crippen LogP contribution in [0.1, 0.15) is 44.6 Å². The van der Waals surface area contributed by atoms with Crippen LogP contribution in [0, 0.1) is 5.92 Å². The van der Waals surface area contributed by atoms with Gasteiger partial charge in [-0.05, 0) is 36.8 Å². The fourth-order valence-corrected chi connectivity index (χ4v) is 3.49. The third-order valence-corrected chi connectivity index (χ3v) is 4.63. The fourth-order valence-electron chi connectivity index (χ4n) is 3.49. The number of aliphatic carboxylic acids is 1. The van der Waals surface area contributed by atoms with E-state index in [1.54, 1.807) is 0 Å². The number of carboxylic acid groups (broad SMARTS) is 1. The topological polar surface area (TPSA) is 40.5 Å². The summed E-state index contributed by atoms with van der Waals surface area (Å²) in [5, 5.41) is 9.33. The maximum atomic E-state index is 11.3. The molecule has 0 amide bonds. The summed E-state index contributed by atoms with van der Waals surface area (Å²) in [5.41, 5.74) is 1.40. The summed E-state index contributed by atoms with van der Waals surface area (Å²) in [6.45, 7) is 5.97. The second-order valence-electron chi connectivity index (χ2n) is 5.73. The number of likely N-dealkylation sites (tertiary alicyclic amines) is 1. The van der Waals surface area contributed by atoms with Crippen LogP contribution in [0.4, 0.5) is 0 Å². The van der Waals surface area contributed by atoms with Crippen LogP contribution >= 0.6 is 0 Å². The summed E-state index contributed by atoms with van der Waals surface area (Å²) in [5.74, 6) is 0.448. The minimum absolute atomic E-state index is 0.319. The van der Waals surface area contributed by atoms with E-state index in [1.807, 2.05) is 6.92 Å². The smallest absolute Gasteiger partial charge is 0.320 e. The predicted molar refractivity (Wildman–Crippen MR) is 80.9 cm³/mol. The highest BCUT2D eigenvalue weighted by Gasteiger charge is 2.34. The molecule has 1 aliphatic heterocycles. The van der Waals surface area contributed by atoms with Crippen molar-refractivity contribution >= 4 is 5.97 Å². The summed E-state index contributed by atoms with van der Waals surface area (Å²) >= 11 is 0. The van der Waals surface area contributed by atoms with Crippen LogP contribution in [0.5, 0.6) is 0 Å². The van der Waals surface area contributed by atoms with Gasteiger partial charge in [0.15, 0.2) is 0 Å². The molecular weight excluding hydrogens is 250 g/mol. The third-order valence-electron chi connectivity index (χ3n) is 4.63. The molecule has 2 rings (SSSR count). The van der Waals surface area contributed by atoms with Crippen LogP contribution in [-0.4, -0.2) is 35.1 Å². The number of benzene rings is 1. The molecule has 0 bridgehead atoms. The third kappa shape index (κ3) is 3.21. The van der Waals surface area contributed by atoms with Crippen molar-refractivity contribution < 1.29 is 9.90 Å². The molecule has 20 heavy (non-hydrogen) atoms. The van der Waals surface area contributed by atoms with Gasteiger partial charge in [-0.2, -0.15) is 0 Å². The first kappa shape index (κ1) is 15.0. The van der Waals surface area contributed by atoms with Gasteiger partial charge in [0, 0.05) is 6.54 Å². The number of rotatable bonds is 5. The van der Waals surface area contributed by atoms with Gasteiger partial charge < -0.3 is 5.11 Å². The molecule has 1 aromatic rings.